The summed E-state index contributed by atoms with van der Waals surface area (Å²) in [5, 5.41) is 2.83. The van der Waals surface area contributed by atoms with Crippen LogP contribution < -0.4 is 19.5 Å². The molecule has 0 aliphatic rings. The molecule has 31 heavy (non-hydrogen) atoms. The number of hydrogen-bond donors (Lipinski definition) is 2. The van der Waals surface area contributed by atoms with Gasteiger partial charge < -0.3 is 14.8 Å². The second-order valence-corrected chi connectivity index (χ2v) is 8.49. The lowest BCUT2D eigenvalue weighted by molar-refractivity contribution is 0.0950. The fourth-order valence-corrected chi connectivity index (χ4v) is 4.09. The van der Waals surface area contributed by atoms with Crippen molar-refractivity contribution in [3.63, 3.8) is 0 Å². The Labute approximate surface area is 182 Å². The van der Waals surface area contributed by atoms with E-state index in [1.807, 2.05) is 6.07 Å². The van der Waals surface area contributed by atoms with Crippen molar-refractivity contribution in [2.24, 2.45) is 0 Å². The summed E-state index contributed by atoms with van der Waals surface area (Å²) in [4.78, 5) is 12.8. The molecule has 0 atom stereocenters. The first-order valence-electron chi connectivity index (χ1n) is 9.51. The Hall–Kier alpha value is -3.52. The minimum absolute atomic E-state index is 0.149. The normalized spacial score (nSPS) is 10.9. The quantitative estimate of drug-likeness (QED) is 0.557. The molecule has 3 rings (SSSR count). The summed E-state index contributed by atoms with van der Waals surface area (Å²) in [6, 6.07) is 18.3. The largest absolute Gasteiger partial charge is 0.497 e. The van der Waals surface area contributed by atoms with Crippen molar-refractivity contribution in [3.05, 3.63) is 83.4 Å². The van der Waals surface area contributed by atoms with Crippen LogP contribution in [0.2, 0.25) is 0 Å². The molecule has 0 aliphatic carbocycles. The number of aryl methyl sites for hydroxylation is 1. The van der Waals surface area contributed by atoms with Crippen molar-refractivity contribution < 1.29 is 22.7 Å². The number of amides is 1. The van der Waals surface area contributed by atoms with E-state index in [2.05, 4.69) is 10.0 Å². The molecular weight excluding hydrogens is 416 g/mol. The van der Waals surface area contributed by atoms with Crippen LogP contribution in [-0.4, -0.2) is 28.5 Å². The van der Waals surface area contributed by atoms with Gasteiger partial charge in [-0.15, -0.1) is 0 Å². The molecule has 8 heteroatoms. The predicted molar refractivity (Wildman–Crippen MR) is 119 cm³/mol. The van der Waals surface area contributed by atoms with Crippen LogP contribution in [0.3, 0.4) is 0 Å². The van der Waals surface area contributed by atoms with E-state index in [1.165, 1.54) is 18.2 Å². The van der Waals surface area contributed by atoms with E-state index in [9.17, 15) is 13.2 Å². The average molecular weight is 441 g/mol. The Morgan fingerprint density at radius 2 is 1.68 bits per heavy atom. The van der Waals surface area contributed by atoms with Crippen molar-refractivity contribution in [1.82, 2.24) is 5.32 Å². The number of methoxy groups -OCH3 is 2. The van der Waals surface area contributed by atoms with Gasteiger partial charge in [-0.2, -0.15) is 0 Å². The van der Waals surface area contributed by atoms with Gasteiger partial charge in [-0.3, -0.25) is 9.52 Å². The first-order chi connectivity index (χ1) is 14.8. The molecule has 0 fully saturated rings. The van der Waals surface area contributed by atoms with Crippen molar-refractivity contribution in [3.8, 4) is 11.5 Å². The highest BCUT2D eigenvalue weighted by Gasteiger charge is 2.16. The van der Waals surface area contributed by atoms with Crippen molar-refractivity contribution in [1.29, 1.82) is 0 Å². The van der Waals surface area contributed by atoms with Gasteiger partial charge in [0, 0.05) is 23.7 Å². The fraction of sp³-hybridized carbons (Fsp3) is 0.174. The highest BCUT2D eigenvalue weighted by Crippen LogP contribution is 2.25. The summed E-state index contributed by atoms with van der Waals surface area (Å²) < 4.78 is 38.4. The summed E-state index contributed by atoms with van der Waals surface area (Å²) in [5.41, 5.74) is 2.17. The summed E-state index contributed by atoms with van der Waals surface area (Å²) in [6.07, 6.45) is 0. The van der Waals surface area contributed by atoms with Gasteiger partial charge in [0.2, 0.25) is 0 Å². The Kier molecular flexibility index (Phi) is 6.81. The second-order valence-electron chi connectivity index (χ2n) is 6.81. The molecule has 3 aromatic carbocycles. The van der Waals surface area contributed by atoms with Crippen LogP contribution in [0.15, 0.2) is 71.6 Å². The maximum atomic E-state index is 12.7. The number of carbonyl (C=O) groups is 1. The van der Waals surface area contributed by atoms with E-state index < -0.39 is 10.0 Å². The SMILES string of the molecule is COc1ccc(CNC(=O)c2ccc(C)c(NS(=O)(=O)c3ccccc3)c2)c(OC)c1. The molecule has 0 aliphatic heterocycles. The zero-order valence-corrected chi connectivity index (χ0v) is 18.3. The first kappa shape index (κ1) is 22.2. The third-order valence-electron chi connectivity index (χ3n) is 4.73. The summed E-state index contributed by atoms with van der Waals surface area (Å²) in [7, 11) is -0.646. The van der Waals surface area contributed by atoms with Crippen molar-refractivity contribution >= 4 is 21.6 Å². The van der Waals surface area contributed by atoms with Gasteiger partial charge >= 0.3 is 0 Å². The highest BCUT2D eigenvalue weighted by molar-refractivity contribution is 7.92. The molecule has 0 bridgehead atoms. The number of rotatable bonds is 8. The molecule has 162 valence electrons. The smallest absolute Gasteiger partial charge is 0.261 e. The molecule has 0 spiro atoms. The van der Waals surface area contributed by atoms with E-state index in [-0.39, 0.29) is 17.3 Å². The maximum absolute atomic E-state index is 12.7. The Morgan fingerprint density at radius 3 is 2.35 bits per heavy atom. The second kappa shape index (κ2) is 9.53. The van der Waals surface area contributed by atoms with Crippen LogP contribution in [0, 0.1) is 6.92 Å². The van der Waals surface area contributed by atoms with Crippen LogP contribution in [-0.2, 0) is 16.6 Å². The van der Waals surface area contributed by atoms with E-state index in [4.69, 9.17) is 9.47 Å². The molecule has 0 aromatic heterocycles. The number of nitrogens with one attached hydrogen (secondary N) is 2. The first-order valence-corrected chi connectivity index (χ1v) is 11.0. The molecule has 1 amide bonds. The minimum Gasteiger partial charge on any atom is -0.497 e. The third-order valence-corrected chi connectivity index (χ3v) is 6.11. The molecule has 0 saturated carbocycles. The lowest BCUT2D eigenvalue weighted by Gasteiger charge is -2.14. The van der Waals surface area contributed by atoms with Gasteiger partial charge in [-0.25, -0.2) is 8.42 Å². The number of benzene rings is 3. The molecule has 3 aromatic rings. The maximum Gasteiger partial charge on any atom is 0.261 e. The Bertz CT molecular complexity index is 1180. The van der Waals surface area contributed by atoms with E-state index in [0.717, 1.165) is 5.56 Å². The van der Waals surface area contributed by atoms with Crippen LogP contribution in [0.1, 0.15) is 21.5 Å². The Morgan fingerprint density at radius 1 is 0.935 bits per heavy atom. The monoisotopic (exact) mass is 440 g/mol. The molecule has 0 radical (unpaired) electrons. The van der Waals surface area contributed by atoms with Crippen LogP contribution >= 0.6 is 0 Å². The Balaban J connectivity index is 1.76. The van der Waals surface area contributed by atoms with Crippen LogP contribution in [0.25, 0.3) is 0 Å². The highest BCUT2D eigenvalue weighted by atomic mass is 32.2. The molecule has 0 heterocycles. The number of hydrogen-bond acceptors (Lipinski definition) is 5. The van der Waals surface area contributed by atoms with Gasteiger partial charge in [-0.05, 0) is 48.9 Å². The summed E-state index contributed by atoms with van der Waals surface area (Å²) in [6.45, 7) is 2.01. The van der Waals surface area contributed by atoms with Crippen LogP contribution in [0.4, 0.5) is 5.69 Å². The topological polar surface area (TPSA) is 93.7 Å². The fourth-order valence-electron chi connectivity index (χ4n) is 2.95. The number of sulfonamides is 1. The summed E-state index contributed by atoms with van der Waals surface area (Å²) in [5.74, 6) is 0.915. The molecule has 0 unspecified atom stereocenters. The molecule has 0 saturated heterocycles. The number of carbonyl (C=O) groups excluding carboxylic acids is 1. The molecular formula is C23H24N2O5S. The minimum atomic E-state index is -3.76. The van der Waals surface area contributed by atoms with Gasteiger partial charge in [0.05, 0.1) is 24.8 Å². The van der Waals surface area contributed by atoms with Crippen LogP contribution in [0.5, 0.6) is 11.5 Å². The van der Waals surface area contributed by atoms with E-state index >= 15 is 0 Å². The van der Waals surface area contributed by atoms with Gasteiger partial charge in [-0.1, -0.05) is 24.3 Å². The zero-order chi connectivity index (χ0) is 22.4. The van der Waals surface area contributed by atoms with Gasteiger partial charge in [0.25, 0.3) is 15.9 Å². The average Bonchev–Trinajstić information content (AvgIpc) is 2.79. The zero-order valence-electron chi connectivity index (χ0n) is 17.5. The lowest BCUT2D eigenvalue weighted by atomic mass is 10.1. The van der Waals surface area contributed by atoms with Crippen molar-refractivity contribution in [2.75, 3.05) is 18.9 Å². The standard InChI is InChI=1S/C23H24N2O5S/c1-16-9-10-17(13-21(16)25-31(27,28)20-7-5-4-6-8-20)23(26)24-15-18-11-12-19(29-2)14-22(18)30-3/h4-14,25H,15H2,1-3H3,(H,24,26). The number of anilines is 1. The molecule has 2 N–H and O–H groups in total. The van der Waals surface area contributed by atoms with E-state index in [1.54, 1.807) is 63.6 Å². The predicted octanol–water partition coefficient (Wildman–Crippen LogP) is 3.74. The molecule has 7 nitrogen and oxygen atoms in total. The van der Waals surface area contributed by atoms with Gasteiger partial charge in [0.15, 0.2) is 0 Å². The number of ether oxygens (including phenoxy) is 2. The summed E-state index contributed by atoms with van der Waals surface area (Å²) >= 11 is 0. The van der Waals surface area contributed by atoms with Crippen molar-refractivity contribution in [2.45, 2.75) is 18.4 Å². The van der Waals surface area contributed by atoms with E-state index in [0.29, 0.717) is 28.3 Å². The third kappa shape index (κ3) is 5.35. The lowest BCUT2D eigenvalue weighted by Crippen LogP contribution is -2.23. The van der Waals surface area contributed by atoms with Gasteiger partial charge in [0.1, 0.15) is 11.5 Å².